The maximum atomic E-state index is 12.6. The van der Waals surface area contributed by atoms with Gasteiger partial charge in [-0.05, 0) is 75.0 Å². The van der Waals surface area contributed by atoms with Gasteiger partial charge in [0.2, 0.25) is 0 Å². The number of ketones is 1. The molecule has 37 heavy (non-hydrogen) atoms. The highest BCUT2D eigenvalue weighted by molar-refractivity contribution is 6.08. The summed E-state index contributed by atoms with van der Waals surface area (Å²) in [6.07, 6.45) is 6.32. The number of nitrogens with zero attached hydrogens (tertiary/aromatic N) is 5. The van der Waals surface area contributed by atoms with Gasteiger partial charge >= 0.3 is 0 Å². The van der Waals surface area contributed by atoms with Crippen LogP contribution in [0.4, 0.5) is 17.2 Å². The zero-order valence-electron chi connectivity index (χ0n) is 21.2. The molecular formula is C29H29N7O. The van der Waals surface area contributed by atoms with Crippen molar-refractivity contribution in [2.75, 3.05) is 37.4 Å². The van der Waals surface area contributed by atoms with Gasteiger partial charge in [-0.15, -0.1) is 0 Å². The lowest BCUT2D eigenvalue weighted by Gasteiger charge is -2.21. The lowest BCUT2D eigenvalue weighted by atomic mass is 10.00. The second-order valence-electron chi connectivity index (χ2n) is 9.85. The van der Waals surface area contributed by atoms with Crippen LogP contribution in [0.15, 0.2) is 67.3 Å². The predicted octanol–water partition coefficient (Wildman–Crippen LogP) is 5.26. The number of carbonyl (C=O) groups excluding carboxylic acids is 1. The Hall–Kier alpha value is -4.30. The van der Waals surface area contributed by atoms with E-state index in [1.54, 1.807) is 19.4 Å². The van der Waals surface area contributed by atoms with Crippen LogP contribution in [0.5, 0.6) is 0 Å². The molecule has 4 heterocycles. The number of benzene rings is 2. The summed E-state index contributed by atoms with van der Waals surface area (Å²) >= 11 is 0. The van der Waals surface area contributed by atoms with Crippen LogP contribution in [-0.4, -0.2) is 63.8 Å². The Morgan fingerprint density at radius 3 is 2.54 bits per heavy atom. The van der Waals surface area contributed by atoms with Crippen molar-refractivity contribution in [1.82, 2.24) is 24.8 Å². The van der Waals surface area contributed by atoms with Crippen molar-refractivity contribution in [1.29, 1.82) is 0 Å². The highest BCUT2D eigenvalue weighted by Crippen LogP contribution is 2.34. The van der Waals surface area contributed by atoms with Gasteiger partial charge < -0.3 is 20.1 Å². The number of imidazole rings is 1. The molecule has 1 aliphatic heterocycles. The Morgan fingerprint density at radius 2 is 1.81 bits per heavy atom. The molecule has 1 atom stereocenters. The number of H-pyrrole nitrogens is 1. The number of anilines is 3. The van der Waals surface area contributed by atoms with Gasteiger partial charge in [-0.2, -0.15) is 0 Å². The van der Waals surface area contributed by atoms with E-state index in [0.717, 1.165) is 69.8 Å². The van der Waals surface area contributed by atoms with E-state index in [4.69, 9.17) is 4.98 Å². The van der Waals surface area contributed by atoms with Gasteiger partial charge in [0.15, 0.2) is 5.78 Å². The van der Waals surface area contributed by atoms with Gasteiger partial charge in [-0.3, -0.25) is 9.78 Å². The fourth-order valence-electron chi connectivity index (χ4n) is 5.05. The van der Waals surface area contributed by atoms with E-state index in [-0.39, 0.29) is 5.78 Å². The molecule has 0 amide bonds. The van der Waals surface area contributed by atoms with Gasteiger partial charge in [-0.1, -0.05) is 12.1 Å². The first-order chi connectivity index (χ1) is 18.0. The van der Waals surface area contributed by atoms with E-state index >= 15 is 0 Å². The van der Waals surface area contributed by atoms with E-state index in [0.29, 0.717) is 11.6 Å². The Labute approximate surface area is 215 Å². The van der Waals surface area contributed by atoms with Crippen LogP contribution in [0.25, 0.3) is 33.1 Å². The number of likely N-dealkylation sites (N-methyl/N-ethyl adjacent to an activating group) is 1. The number of fused-ring (bicyclic) bond motifs is 2. The van der Waals surface area contributed by atoms with E-state index in [1.807, 2.05) is 30.5 Å². The molecule has 8 nitrogen and oxygen atoms in total. The molecule has 0 saturated carbocycles. The zero-order valence-corrected chi connectivity index (χ0v) is 21.2. The number of carbonyl (C=O) groups is 1. The normalized spacial score (nSPS) is 15.7. The Balaban J connectivity index is 1.35. The number of rotatable bonds is 6. The van der Waals surface area contributed by atoms with Gasteiger partial charge in [0, 0.05) is 30.7 Å². The SMILES string of the molecule is CC(=O)c1cnc2ccc(-c3ccc4nc[nH]c4c3)cc2c1Nc1ccc(N2CCC(N(C)C)C2)nc1. The van der Waals surface area contributed by atoms with Crippen LogP contribution in [0.2, 0.25) is 0 Å². The van der Waals surface area contributed by atoms with Crippen LogP contribution in [0.3, 0.4) is 0 Å². The number of aromatic nitrogens is 4. The molecule has 1 aliphatic rings. The summed E-state index contributed by atoms with van der Waals surface area (Å²) < 4.78 is 0. The minimum Gasteiger partial charge on any atom is -0.355 e. The van der Waals surface area contributed by atoms with Crippen LogP contribution >= 0.6 is 0 Å². The predicted molar refractivity (Wildman–Crippen MR) is 149 cm³/mol. The number of Topliss-reactive ketones (excluding diaryl/α,β-unsaturated/α-hetero) is 1. The molecule has 8 heteroatoms. The van der Waals surface area contributed by atoms with E-state index in [2.05, 4.69) is 68.4 Å². The second kappa shape index (κ2) is 9.29. The topological polar surface area (TPSA) is 90.0 Å². The highest BCUT2D eigenvalue weighted by atomic mass is 16.1. The molecule has 2 N–H and O–H groups in total. The van der Waals surface area contributed by atoms with Crippen molar-refractivity contribution >= 4 is 44.9 Å². The Kier molecular flexibility index (Phi) is 5.81. The van der Waals surface area contributed by atoms with Gasteiger partial charge in [0.25, 0.3) is 0 Å². The summed E-state index contributed by atoms with van der Waals surface area (Å²) in [5.74, 6) is 0.926. The fraction of sp³-hybridized carbons (Fsp3) is 0.241. The first kappa shape index (κ1) is 23.1. The molecule has 5 aromatic rings. The molecule has 0 spiro atoms. The maximum Gasteiger partial charge on any atom is 0.163 e. The van der Waals surface area contributed by atoms with Gasteiger partial charge in [-0.25, -0.2) is 9.97 Å². The Morgan fingerprint density at radius 1 is 1.00 bits per heavy atom. The molecule has 2 aromatic carbocycles. The fourth-order valence-corrected chi connectivity index (χ4v) is 5.05. The maximum absolute atomic E-state index is 12.6. The third-order valence-electron chi connectivity index (χ3n) is 7.24. The minimum atomic E-state index is -0.0439. The highest BCUT2D eigenvalue weighted by Gasteiger charge is 2.24. The van der Waals surface area contributed by atoms with Crippen LogP contribution < -0.4 is 10.2 Å². The van der Waals surface area contributed by atoms with Crippen molar-refractivity contribution in [2.45, 2.75) is 19.4 Å². The quantitative estimate of drug-likeness (QED) is 0.313. The van der Waals surface area contributed by atoms with E-state index in [9.17, 15) is 4.79 Å². The zero-order chi connectivity index (χ0) is 25.5. The lowest BCUT2D eigenvalue weighted by Crippen LogP contribution is -2.31. The third kappa shape index (κ3) is 4.40. The number of nitrogens with one attached hydrogen (secondary N) is 2. The molecule has 0 radical (unpaired) electrons. The molecule has 186 valence electrons. The van der Waals surface area contributed by atoms with Crippen molar-refractivity contribution in [3.63, 3.8) is 0 Å². The monoisotopic (exact) mass is 491 g/mol. The minimum absolute atomic E-state index is 0.0439. The number of hydrogen-bond donors (Lipinski definition) is 2. The number of pyridine rings is 2. The average molecular weight is 492 g/mol. The average Bonchev–Trinajstić information content (AvgIpc) is 3.59. The molecule has 1 unspecified atom stereocenters. The molecule has 3 aromatic heterocycles. The third-order valence-corrected chi connectivity index (χ3v) is 7.24. The summed E-state index contributed by atoms with van der Waals surface area (Å²) in [6.45, 7) is 3.54. The largest absolute Gasteiger partial charge is 0.355 e. The second-order valence-corrected chi connectivity index (χ2v) is 9.85. The van der Waals surface area contributed by atoms with Crippen molar-refractivity contribution in [3.8, 4) is 11.1 Å². The molecule has 1 saturated heterocycles. The van der Waals surface area contributed by atoms with Crippen molar-refractivity contribution in [2.24, 2.45) is 0 Å². The molecular weight excluding hydrogens is 462 g/mol. The smallest absolute Gasteiger partial charge is 0.163 e. The first-order valence-corrected chi connectivity index (χ1v) is 12.5. The summed E-state index contributed by atoms with van der Waals surface area (Å²) in [6, 6.07) is 16.9. The molecule has 6 rings (SSSR count). The molecule has 0 bridgehead atoms. The standard InChI is InChI=1S/C29H29N7O/c1-18(37)24-15-30-25-7-4-19(20-5-8-26-27(13-20)33-17-32-26)12-23(25)29(24)34-21-6-9-28(31-14-21)36-11-10-22(16-36)35(2)3/h4-9,12-15,17,22H,10-11,16H2,1-3H3,(H,30,34)(H,32,33). The van der Waals surface area contributed by atoms with Crippen LogP contribution in [0, 0.1) is 0 Å². The van der Waals surface area contributed by atoms with Crippen molar-refractivity contribution in [3.05, 3.63) is 72.8 Å². The van der Waals surface area contributed by atoms with E-state index in [1.165, 1.54) is 0 Å². The number of aromatic amines is 1. The first-order valence-electron chi connectivity index (χ1n) is 12.5. The summed E-state index contributed by atoms with van der Waals surface area (Å²) in [5, 5.41) is 4.36. The molecule has 0 aliphatic carbocycles. The van der Waals surface area contributed by atoms with E-state index < -0.39 is 0 Å². The van der Waals surface area contributed by atoms with Crippen molar-refractivity contribution < 1.29 is 4.79 Å². The Bertz CT molecular complexity index is 1610. The van der Waals surface area contributed by atoms with Gasteiger partial charge in [0.1, 0.15) is 5.82 Å². The summed E-state index contributed by atoms with van der Waals surface area (Å²) in [4.78, 5) is 33.9. The van der Waals surface area contributed by atoms with Crippen LogP contribution in [-0.2, 0) is 0 Å². The lowest BCUT2D eigenvalue weighted by molar-refractivity contribution is 0.101. The van der Waals surface area contributed by atoms with Gasteiger partial charge in [0.05, 0.1) is 46.0 Å². The molecule has 1 fully saturated rings. The number of hydrogen-bond acceptors (Lipinski definition) is 7. The summed E-state index contributed by atoms with van der Waals surface area (Å²) in [7, 11) is 4.25. The van der Waals surface area contributed by atoms with Crippen LogP contribution in [0.1, 0.15) is 23.7 Å². The summed E-state index contributed by atoms with van der Waals surface area (Å²) in [5.41, 5.74) is 6.93.